The molecule has 240 valence electrons. The lowest BCUT2D eigenvalue weighted by Gasteiger charge is -2.30. The van der Waals surface area contributed by atoms with E-state index in [4.69, 9.17) is 33.2 Å². The minimum Gasteiger partial charge on any atom is -0.497 e. The van der Waals surface area contributed by atoms with Gasteiger partial charge in [-0.25, -0.2) is 0 Å². The van der Waals surface area contributed by atoms with Crippen LogP contribution in [-0.2, 0) is 0 Å². The molecule has 4 aromatic carbocycles. The van der Waals surface area contributed by atoms with Gasteiger partial charge in [0.25, 0.3) is 0 Å². The van der Waals surface area contributed by atoms with Crippen molar-refractivity contribution in [1.29, 1.82) is 0 Å². The molecule has 0 radical (unpaired) electrons. The molecule has 4 N–H and O–H groups in total. The first-order chi connectivity index (χ1) is 21.8. The standard InChI is InChI=1S/C34H38O11/c1-39-23-16-13-21(14-17-23)32(37)33(44-27-12-8-6-10-25(27)41-3)34(38)45-28-18-15-22(19-29(28)42-4)31(36)30(20-35)43-26-11-7-5-9-24(26)40-2/h5-19,30-38H,20H2,1-4H3. The molecule has 0 saturated heterocycles. The van der Waals surface area contributed by atoms with Crippen LogP contribution in [0.25, 0.3) is 0 Å². The van der Waals surface area contributed by atoms with Gasteiger partial charge in [0.1, 0.15) is 18.0 Å². The van der Waals surface area contributed by atoms with E-state index in [0.717, 1.165) is 0 Å². The third kappa shape index (κ3) is 8.08. The molecule has 0 amide bonds. The van der Waals surface area contributed by atoms with Crippen LogP contribution in [-0.4, -0.2) is 74.0 Å². The Morgan fingerprint density at radius 1 is 0.511 bits per heavy atom. The normalized spacial score (nSPS) is 14.3. The average Bonchev–Trinajstić information content (AvgIpc) is 3.09. The van der Waals surface area contributed by atoms with Crippen molar-refractivity contribution in [3.8, 4) is 40.2 Å². The summed E-state index contributed by atoms with van der Waals surface area (Å²) in [7, 11) is 5.90. The van der Waals surface area contributed by atoms with Crippen molar-refractivity contribution >= 4 is 0 Å². The first kappa shape index (κ1) is 33.2. The van der Waals surface area contributed by atoms with Gasteiger partial charge < -0.3 is 53.6 Å². The number of hydrogen-bond donors (Lipinski definition) is 4. The number of benzene rings is 4. The number of ether oxygens (including phenoxy) is 7. The number of aliphatic hydroxyl groups is 4. The first-order valence-corrected chi connectivity index (χ1v) is 14.1. The van der Waals surface area contributed by atoms with Crippen molar-refractivity contribution in [3.05, 3.63) is 102 Å². The van der Waals surface area contributed by atoms with E-state index in [1.54, 1.807) is 78.9 Å². The van der Waals surface area contributed by atoms with Crippen molar-refractivity contribution in [3.63, 3.8) is 0 Å². The van der Waals surface area contributed by atoms with Crippen LogP contribution in [0.15, 0.2) is 91.0 Å². The topological polar surface area (TPSA) is 146 Å². The Morgan fingerprint density at radius 3 is 1.56 bits per heavy atom. The van der Waals surface area contributed by atoms with Crippen molar-refractivity contribution in [1.82, 2.24) is 0 Å². The second-order valence-electron chi connectivity index (χ2n) is 9.80. The summed E-state index contributed by atoms with van der Waals surface area (Å²) in [5, 5.41) is 43.8. The van der Waals surface area contributed by atoms with Gasteiger partial charge in [-0.05, 0) is 59.7 Å². The molecule has 0 heterocycles. The monoisotopic (exact) mass is 622 g/mol. The summed E-state index contributed by atoms with van der Waals surface area (Å²) in [6.07, 6.45) is -6.71. The Morgan fingerprint density at radius 2 is 1.02 bits per heavy atom. The molecule has 45 heavy (non-hydrogen) atoms. The first-order valence-electron chi connectivity index (χ1n) is 14.1. The third-order valence-electron chi connectivity index (χ3n) is 7.04. The van der Waals surface area contributed by atoms with E-state index in [0.29, 0.717) is 34.1 Å². The number of para-hydroxylation sites is 4. The van der Waals surface area contributed by atoms with Gasteiger partial charge in [0.15, 0.2) is 46.7 Å². The van der Waals surface area contributed by atoms with Crippen LogP contribution in [0.1, 0.15) is 23.3 Å². The number of methoxy groups -OCH3 is 4. The van der Waals surface area contributed by atoms with Crippen LogP contribution < -0.4 is 33.2 Å². The minimum atomic E-state index is -1.71. The number of rotatable bonds is 16. The molecule has 4 aromatic rings. The van der Waals surface area contributed by atoms with Gasteiger partial charge >= 0.3 is 0 Å². The molecule has 0 bridgehead atoms. The van der Waals surface area contributed by atoms with Gasteiger partial charge in [0, 0.05) is 0 Å². The van der Waals surface area contributed by atoms with Crippen LogP contribution >= 0.6 is 0 Å². The second-order valence-corrected chi connectivity index (χ2v) is 9.80. The Bertz CT molecular complexity index is 1490. The zero-order valence-electron chi connectivity index (χ0n) is 25.4. The molecule has 0 aliphatic rings. The molecule has 0 fully saturated rings. The Kier molecular flexibility index (Phi) is 11.7. The molecule has 0 spiro atoms. The van der Waals surface area contributed by atoms with Crippen LogP contribution in [0.4, 0.5) is 0 Å². The quantitative estimate of drug-likeness (QED) is 0.134. The maximum absolute atomic E-state index is 11.3. The maximum atomic E-state index is 11.3. The Balaban J connectivity index is 1.59. The lowest BCUT2D eigenvalue weighted by Crippen LogP contribution is -2.41. The van der Waals surface area contributed by atoms with E-state index < -0.39 is 37.3 Å². The van der Waals surface area contributed by atoms with Gasteiger partial charge in [-0.3, -0.25) is 0 Å². The molecule has 4 rings (SSSR count). The molecule has 5 atom stereocenters. The van der Waals surface area contributed by atoms with Gasteiger partial charge in [-0.1, -0.05) is 42.5 Å². The lowest BCUT2D eigenvalue weighted by molar-refractivity contribution is -0.134. The highest BCUT2D eigenvalue weighted by atomic mass is 16.6. The van der Waals surface area contributed by atoms with E-state index in [1.807, 2.05) is 0 Å². The summed E-state index contributed by atoms with van der Waals surface area (Å²) < 4.78 is 39.2. The van der Waals surface area contributed by atoms with Crippen molar-refractivity contribution in [2.24, 2.45) is 0 Å². The Hall–Kier alpha value is -4.68. The highest BCUT2D eigenvalue weighted by Crippen LogP contribution is 2.36. The number of hydrogen-bond acceptors (Lipinski definition) is 11. The minimum absolute atomic E-state index is 0.0997. The summed E-state index contributed by atoms with van der Waals surface area (Å²) >= 11 is 0. The fraction of sp³-hybridized carbons (Fsp3) is 0.294. The summed E-state index contributed by atoms with van der Waals surface area (Å²) in [5.41, 5.74) is 0.789. The van der Waals surface area contributed by atoms with Crippen molar-refractivity contribution in [2.75, 3.05) is 35.0 Å². The molecule has 0 aromatic heterocycles. The second kappa shape index (κ2) is 15.9. The van der Waals surface area contributed by atoms with Crippen LogP contribution in [0.3, 0.4) is 0 Å². The molecule has 5 unspecified atom stereocenters. The fourth-order valence-electron chi connectivity index (χ4n) is 4.59. The highest BCUT2D eigenvalue weighted by molar-refractivity contribution is 5.45. The van der Waals surface area contributed by atoms with Crippen LogP contribution in [0.5, 0.6) is 40.2 Å². The molecule has 0 aliphatic heterocycles. The molecular formula is C34H38O11. The van der Waals surface area contributed by atoms with Crippen molar-refractivity contribution < 1.29 is 53.6 Å². The molecule has 0 saturated carbocycles. The van der Waals surface area contributed by atoms with E-state index in [9.17, 15) is 20.4 Å². The summed E-state index contributed by atoms with van der Waals surface area (Å²) in [5.74, 6) is 2.31. The van der Waals surface area contributed by atoms with Crippen LogP contribution in [0, 0.1) is 0 Å². The third-order valence-corrected chi connectivity index (χ3v) is 7.04. The maximum Gasteiger partial charge on any atom is 0.237 e. The zero-order valence-corrected chi connectivity index (χ0v) is 25.4. The average molecular weight is 623 g/mol. The summed E-state index contributed by atoms with van der Waals surface area (Å²) in [6, 6.07) is 24.9. The largest absolute Gasteiger partial charge is 0.497 e. The van der Waals surface area contributed by atoms with Gasteiger partial charge in [0.2, 0.25) is 6.29 Å². The predicted octanol–water partition coefficient (Wildman–Crippen LogP) is 4.07. The molecular weight excluding hydrogens is 584 g/mol. The van der Waals surface area contributed by atoms with Crippen LogP contribution in [0.2, 0.25) is 0 Å². The molecule has 11 nitrogen and oxygen atoms in total. The SMILES string of the molecule is COc1ccc(C(O)C(Oc2ccccc2OC)C(O)Oc2ccc(C(O)C(CO)Oc3ccccc3OC)cc2OC)cc1. The van der Waals surface area contributed by atoms with E-state index in [1.165, 1.54) is 40.6 Å². The Labute approximate surface area is 261 Å². The fourth-order valence-corrected chi connectivity index (χ4v) is 4.59. The smallest absolute Gasteiger partial charge is 0.237 e. The molecule has 0 aliphatic carbocycles. The highest BCUT2D eigenvalue weighted by Gasteiger charge is 2.34. The number of aliphatic hydroxyl groups excluding tert-OH is 4. The van der Waals surface area contributed by atoms with E-state index >= 15 is 0 Å². The van der Waals surface area contributed by atoms with Crippen molar-refractivity contribution in [2.45, 2.75) is 30.7 Å². The van der Waals surface area contributed by atoms with E-state index in [-0.39, 0.29) is 17.2 Å². The predicted molar refractivity (Wildman–Crippen MR) is 164 cm³/mol. The van der Waals surface area contributed by atoms with Gasteiger partial charge in [-0.2, -0.15) is 0 Å². The summed E-state index contributed by atoms with van der Waals surface area (Å²) in [6.45, 7) is -0.496. The van der Waals surface area contributed by atoms with Gasteiger partial charge in [-0.15, -0.1) is 0 Å². The molecule has 11 heteroatoms. The summed E-state index contributed by atoms with van der Waals surface area (Å²) in [4.78, 5) is 0. The lowest BCUT2D eigenvalue weighted by atomic mass is 10.0. The van der Waals surface area contributed by atoms with Gasteiger partial charge in [0.05, 0.1) is 35.0 Å². The van der Waals surface area contributed by atoms with E-state index in [2.05, 4.69) is 0 Å². The zero-order chi connectivity index (χ0) is 32.3.